The zero-order chi connectivity index (χ0) is 18.7. The second kappa shape index (κ2) is 7.83. The summed E-state index contributed by atoms with van der Waals surface area (Å²) >= 11 is 0. The van der Waals surface area contributed by atoms with Crippen LogP contribution >= 0.6 is 0 Å². The molecular weight excluding hydrogens is 338 g/mol. The number of piperazine rings is 1. The molecule has 0 atom stereocenters. The van der Waals surface area contributed by atoms with E-state index in [1.165, 1.54) is 24.8 Å². The van der Waals surface area contributed by atoms with Crippen molar-refractivity contribution in [1.82, 2.24) is 9.80 Å². The maximum atomic E-state index is 14.1. The Morgan fingerprint density at radius 2 is 1.73 bits per heavy atom. The summed E-state index contributed by atoms with van der Waals surface area (Å²) in [6, 6.07) is 11.0. The van der Waals surface area contributed by atoms with Crippen LogP contribution < -0.4 is 4.74 Å². The Bertz CT molecular complexity index is 793. The normalized spacial score (nSPS) is 15.4. The van der Waals surface area contributed by atoms with Crippen LogP contribution in [0.15, 0.2) is 36.4 Å². The lowest BCUT2D eigenvalue weighted by Gasteiger charge is -2.34. The molecule has 1 aliphatic heterocycles. The van der Waals surface area contributed by atoms with Gasteiger partial charge in [0.1, 0.15) is 0 Å². The van der Waals surface area contributed by atoms with E-state index in [0.29, 0.717) is 19.6 Å². The zero-order valence-corrected chi connectivity index (χ0v) is 15.0. The molecule has 0 aromatic heterocycles. The highest BCUT2D eigenvalue weighted by Gasteiger charge is 2.25. The van der Waals surface area contributed by atoms with Gasteiger partial charge in [0, 0.05) is 31.7 Å². The van der Waals surface area contributed by atoms with E-state index in [9.17, 15) is 13.6 Å². The number of methoxy groups -OCH3 is 1. The molecule has 0 bridgehead atoms. The fourth-order valence-corrected chi connectivity index (χ4v) is 3.07. The van der Waals surface area contributed by atoms with Gasteiger partial charge in [-0.1, -0.05) is 35.9 Å². The molecule has 3 rings (SSSR count). The van der Waals surface area contributed by atoms with E-state index in [0.717, 1.165) is 5.56 Å². The van der Waals surface area contributed by atoms with Crippen molar-refractivity contribution in [2.24, 2.45) is 0 Å². The lowest BCUT2D eigenvalue weighted by atomic mass is 10.1. The van der Waals surface area contributed by atoms with Crippen LogP contribution in [-0.4, -0.2) is 42.5 Å². The van der Waals surface area contributed by atoms with Crippen molar-refractivity contribution < 1.29 is 18.3 Å². The number of hydrogen-bond donors (Lipinski definition) is 0. The van der Waals surface area contributed by atoms with Crippen LogP contribution in [0.1, 0.15) is 16.7 Å². The van der Waals surface area contributed by atoms with Crippen molar-refractivity contribution in [1.29, 1.82) is 0 Å². The fraction of sp³-hybridized carbons (Fsp3) is 0.350. The second-order valence-corrected chi connectivity index (χ2v) is 6.57. The average molecular weight is 360 g/mol. The van der Waals surface area contributed by atoms with Gasteiger partial charge in [-0.2, -0.15) is 4.39 Å². The first-order chi connectivity index (χ1) is 12.5. The van der Waals surface area contributed by atoms with E-state index in [-0.39, 0.29) is 30.3 Å². The van der Waals surface area contributed by atoms with E-state index in [1.807, 2.05) is 36.1 Å². The maximum absolute atomic E-state index is 14.1. The standard InChI is InChI=1S/C20H22F2N2O2/c1-14-3-5-15(6-4-14)11-24-10-9-23(13-18(24)25)12-16-7-8-17(26-2)20(22)19(16)21/h3-8H,9-13H2,1-2H3. The number of nitrogens with zero attached hydrogens (tertiary/aromatic N) is 2. The molecule has 0 radical (unpaired) electrons. The molecule has 0 spiro atoms. The Labute approximate surface area is 152 Å². The van der Waals surface area contributed by atoms with Crippen LogP contribution in [0.5, 0.6) is 5.75 Å². The molecule has 6 heteroatoms. The third kappa shape index (κ3) is 4.02. The molecule has 1 aliphatic rings. The quantitative estimate of drug-likeness (QED) is 0.821. The first-order valence-electron chi connectivity index (χ1n) is 8.54. The average Bonchev–Trinajstić information content (AvgIpc) is 2.63. The summed E-state index contributed by atoms with van der Waals surface area (Å²) in [6.45, 7) is 4.15. The Balaban J connectivity index is 1.61. The molecule has 0 saturated carbocycles. The molecule has 1 heterocycles. The van der Waals surface area contributed by atoms with E-state index >= 15 is 0 Å². The lowest BCUT2D eigenvalue weighted by molar-refractivity contribution is -0.136. The smallest absolute Gasteiger partial charge is 0.237 e. The highest BCUT2D eigenvalue weighted by Crippen LogP contribution is 2.24. The second-order valence-electron chi connectivity index (χ2n) is 6.57. The van der Waals surface area contributed by atoms with E-state index in [4.69, 9.17) is 4.74 Å². The first-order valence-corrected chi connectivity index (χ1v) is 8.54. The number of rotatable bonds is 5. The molecule has 0 unspecified atom stereocenters. The number of benzene rings is 2. The number of carbonyl (C=O) groups is 1. The number of aryl methyl sites for hydroxylation is 1. The molecule has 0 aliphatic carbocycles. The molecule has 1 saturated heterocycles. The Hall–Kier alpha value is -2.47. The Morgan fingerprint density at radius 3 is 2.38 bits per heavy atom. The predicted octanol–water partition coefficient (Wildman–Crippen LogP) is 3.13. The summed E-state index contributed by atoms with van der Waals surface area (Å²) in [5, 5.41) is 0. The number of halogens is 2. The third-order valence-corrected chi connectivity index (χ3v) is 4.63. The molecule has 4 nitrogen and oxygen atoms in total. The summed E-state index contributed by atoms with van der Waals surface area (Å²) < 4.78 is 32.7. The Morgan fingerprint density at radius 1 is 1.00 bits per heavy atom. The SMILES string of the molecule is COc1ccc(CN2CCN(Cc3ccc(C)cc3)C(=O)C2)c(F)c1F. The first kappa shape index (κ1) is 18.3. The van der Waals surface area contributed by atoms with Crippen molar-refractivity contribution >= 4 is 5.91 Å². The summed E-state index contributed by atoms with van der Waals surface area (Å²) in [6.07, 6.45) is 0. The number of carbonyl (C=O) groups excluding carboxylic acids is 1. The van der Waals surface area contributed by atoms with Crippen molar-refractivity contribution in [3.63, 3.8) is 0 Å². The van der Waals surface area contributed by atoms with Gasteiger partial charge in [-0.15, -0.1) is 0 Å². The summed E-state index contributed by atoms with van der Waals surface area (Å²) in [5.41, 5.74) is 2.49. The summed E-state index contributed by atoms with van der Waals surface area (Å²) in [7, 11) is 1.30. The molecule has 0 N–H and O–H groups in total. The molecule has 26 heavy (non-hydrogen) atoms. The number of hydrogen-bond acceptors (Lipinski definition) is 3. The van der Waals surface area contributed by atoms with Crippen molar-refractivity contribution in [3.8, 4) is 5.75 Å². The van der Waals surface area contributed by atoms with Crippen LogP contribution in [0.2, 0.25) is 0 Å². The van der Waals surface area contributed by atoms with Gasteiger partial charge in [0.25, 0.3) is 0 Å². The van der Waals surface area contributed by atoms with Gasteiger partial charge in [0.15, 0.2) is 11.6 Å². The zero-order valence-electron chi connectivity index (χ0n) is 15.0. The van der Waals surface area contributed by atoms with Gasteiger partial charge in [-0.05, 0) is 18.6 Å². The van der Waals surface area contributed by atoms with Crippen LogP contribution in [0.3, 0.4) is 0 Å². The Kier molecular flexibility index (Phi) is 5.52. The van der Waals surface area contributed by atoms with E-state index in [1.54, 1.807) is 4.90 Å². The minimum absolute atomic E-state index is 0.00813. The summed E-state index contributed by atoms with van der Waals surface area (Å²) in [4.78, 5) is 16.0. The topological polar surface area (TPSA) is 32.8 Å². The van der Waals surface area contributed by atoms with Crippen LogP contribution in [0.25, 0.3) is 0 Å². The van der Waals surface area contributed by atoms with Crippen molar-refractivity contribution in [2.45, 2.75) is 20.0 Å². The minimum Gasteiger partial charge on any atom is -0.494 e. The van der Waals surface area contributed by atoms with Crippen molar-refractivity contribution in [3.05, 3.63) is 64.7 Å². The molecule has 2 aromatic carbocycles. The monoisotopic (exact) mass is 360 g/mol. The molecular formula is C20H22F2N2O2. The third-order valence-electron chi connectivity index (χ3n) is 4.63. The van der Waals surface area contributed by atoms with Crippen LogP contribution in [0.4, 0.5) is 8.78 Å². The molecule has 138 valence electrons. The maximum Gasteiger partial charge on any atom is 0.237 e. The lowest BCUT2D eigenvalue weighted by Crippen LogP contribution is -2.49. The van der Waals surface area contributed by atoms with E-state index in [2.05, 4.69) is 0 Å². The predicted molar refractivity (Wildman–Crippen MR) is 94.8 cm³/mol. The highest BCUT2D eigenvalue weighted by atomic mass is 19.2. The van der Waals surface area contributed by atoms with Gasteiger partial charge in [-0.25, -0.2) is 4.39 Å². The fourth-order valence-electron chi connectivity index (χ4n) is 3.07. The number of ether oxygens (including phenoxy) is 1. The molecule has 1 amide bonds. The minimum atomic E-state index is -0.991. The van der Waals surface area contributed by atoms with Crippen molar-refractivity contribution in [2.75, 3.05) is 26.7 Å². The van der Waals surface area contributed by atoms with Crippen LogP contribution in [-0.2, 0) is 17.9 Å². The van der Waals surface area contributed by atoms with Gasteiger partial charge in [-0.3, -0.25) is 9.69 Å². The molecule has 2 aromatic rings. The highest BCUT2D eigenvalue weighted by molar-refractivity contribution is 5.79. The van der Waals surface area contributed by atoms with Gasteiger partial charge >= 0.3 is 0 Å². The molecule has 1 fully saturated rings. The largest absolute Gasteiger partial charge is 0.494 e. The van der Waals surface area contributed by atoms with Gasteiger partial charge in [0.05, 0.1) is 13.7 Å². The van der Waals surface area contributed by atoms with Gasteiger partial charge in [0.2, 0.25) is 11.7 Å². The van der Waals surface area contributed by atoms with Gasteiger partial charge < -0.3 is 9.64 Å². The van der Waals surface area contributed by atoms with Crippen LogP contribution in [0, 0.1) is 18.6 Å². The van der Waals surface area contributed by atoms with E-state index < -0.39 is 11.6 Å². The summed E-state index contributed by atoms with van der Waals surface area (Å²) in [5.74, 6) is -2.04. The number of amides is 1.